The van der Waals surface area contributed by atoms with Gasteiger partial charge in [0.15, 0.2) is 0 Å². The average Bonchev–Trinajstić information content (AvgIpc) is 2.76. The predicted octanol–water partition coefficient (Wildman–Crippen LogP) is 3.09. The summed E-state index contributed by atoms with van der Waals surface area (Å²) in [6.07, 6.45) is 3.89. The summed E-state index contributed by atoms with van der Waals surface area (Å²) in [5.41, 5.74) is 1.43. The van der Waals surface area contributed by atoms with E-state index in [1.165, 1.54) is 12.0 Å². The third-order valence-electron chi connectivity index (χ3n) is 2.55. The Balaban J connectivity index is 1.88. The van der Waals surface area contributed by atoms with Crippen molar-refractivity contribution in [2.75, 3.05) is 19.7 Å². The number of hydrogen-bond donors (Lipinski definition) is 1. The van der Waals surface area contributed by atoms with Crippen molar-refractivity contribution in [3.05, 3.63) is 22.4 Å². The van der Waals surface area contributed by atoms with Crippen molar-refractivity contribution < 1.29 is 4.74 Å². The van der Waals surface area contributed by atoms with Gasteiger partial charge in [-0.25, -0.2) is 0 Å². The van der Waals surface area contributed by atoms with Gasteiger partial charge < -0.3 is 10.1 Å². The van der Waals surface area contributed by atoms with E-state index in [1.807, 2.05) is 0 Å². The molecule has 0 amide bonds. The molecule has 2 nitrogen and oxygen atoms in total. The molecule has 1 N–H and O–H groups in total. The van der Waals surface area contributed by atoms with Crippen molar-refractivity contribution in [2.24, 2.45) is 0 Å². The molecular weight excluding hydrogens is 218 g/mol. The molecule has 0 fully saturated rings. The van der Waals surface area contributed by atoms with E-state index in [1.54, 1.807) is 11.3 Å². The van der Waals surface area contributed by atoms with Crippen molar-refractivity contribution in [3.63, 3.8) is 0 Å². The molecule has 0 saturated carbocycles. The maximum atomic E-state index is 5.66. The Hall–Kier alpha value is -0.380. The Morgan fingerprint density at radius 2 is 2.31 bits per heavy atom. The first kappa shape index (κ1) is 13.7. The third-order valence-corrected chi connectivity index (χ3v) is 3.28. The fourth-order valence-electron chi connectivity index (χ4n) is 1.61. The van der Waals surface area contributed by atoms with Gasteiger partial charge in [0.1, 0.15) is 0 Å². The zero-order valence-corrected chi connectivity index (χ0v) is 11.2. The summed E-state index contributed by atoms with van der Waals surface area (Å²) in [5, 5.41) is 7.74. The summed E-state index contributed by atoms with van der Waals surface area (Å²) in [6, 6.07) is 2.19. The lowest BCUT2D eigenvalue weighted by Crippen LogP contribution is -2.24. The lowest BCUT2D eigenvalue weighted by Gasteiger charge is -2.12. The van der Waals surface area contributed by atoms with E-state index in [0.29, 0.717) is 6.10 Å². The van der Waals surface area contributed by atoms with Crippen LogP contribution in [0.4, 0.5) is 0 Å². The highest BCUT2D eigenvalue weighted by molar-refractivity contribution is 7.07. The Bertz CT molecular complexity index is 248. The minimum atomic E-state index is 0.406. The number of nitrogens with one attached hydrogen (secondary N) is 1. The van der Waals surface area contributed by atoms with Crippen molar-refractivity contribution >= 4 is 11.3 Å². The van der Waals surface area contributed by atoms with E-state index in [-0.39, 0.29) is 0 Å². The number of ether oxygens (including phenoxy) is 1. The van der Waals surface area contributed by atoms with Gasteiger partial charge in [-0.15, -0.1) is 0 Å². The topological polar surface area (TPSA) is 21.3 Å². The molecule has 1 atom stereocenters. The van der Waals surface area contributed by atoms with Gasteiger partial charge in [0.25, 0.3) is 0 Å². The van der Waals surface area contributed by atoms with Crippen LogP contribution in [0.15, 0.2) is 16.8 Å². The minimum Gasteiger partial charge on any atom is -0.377 e. The second kappa shape index (κ2) is 8.74. The fourth-order valence-corrected chi connectivity index (χ4v) is 2.32. The molecular formula is C13H23NOS. The largest absolute Gasteiger partial charge is 0.377 e. The first-order valence-corrected chi connectivity index (χ1v) is 7.10. The lowest BCUT2D eigenvalue weighted by atomic mass is 10.2. The van der Waals surface area contributed by atoms with Gasteiger partial charge in [0.05, 0.1) is 12.7 Å². The molecule has 92 valence electrons. The molecule has 0 bridgehead atoms. The minimum absolute atomic E-state index is 0.406. The van der Waals surface area contributed by atoms with Crippen LogP contribution in [-0.2, 0) is 11.2 Å². The fraction of sp³-hybridized carbons (Fsp3) is 0.692. The van der Waals surface area contributed by atoms with E-state index in [2.05, 4.69) is 36.0 Å². The van der Waals surface area contributed by atoms with E-state index < -0.39 is 0 Å². The molecule has 1 aromatic heterocycles. The summed E-state index contributed by atoms with van der Waals surface area (Å²) < 4.78 is 5.66. The Morgan fingerprint density at radius 1 is 1.44 bits per heavy atom. The van der Waals surface area contributed by atoms with E-state index in [4.69, 9.17) is 4.74 Å². The average molecular weight is 241 g/mol. The summed E-state index contributed by atoms with van der Waals surface area (Å²) in [5.74, 6) is 0. The van der Waals surface area contributed by atoms with Crippen molar-refractivity contribution in [3.8, 4) is 0 Å². The van der Waals surface area contributed by atoms with Crippen LogP contribution in [0.1, 0.15) is 32.3 Å². The van der Waals surface area contributed by atoms with Crippen molar-refractivity contribution in [1.82, 2.24) is 5.32 Å². The smallest absolute Gasteiger partial charge is 0.0594 e. The molecule has 1 unspecified atom stereocenters. The first-order chi connectivity index (χ1) is 7.83. The van der Waals surface area contributed by atoms with Crippen molar-refractivity contribution in [1.29, 1.82) is 0 Å². The van der Waals surface area contributed by atoms with Crippen molar-refractivity contribution in [2.45, 2.75) is 39.2 Å². The molecule has 0 radical (unpaired) electrons. The van der Waals surface area contributed by atoms with Crippen LogP contribution in [0.25, 0.3) is 0 Å². The van der Waals surface area contributed by atoms with E-state index in [0.717, 1.165) is 32.5 Å². The van der Waals surface area contributed by atoms with Crippen LogP contribution in [0, 0.1) is 0 Å². The molecule has 0 aliphatic rings. The SMILES string of the molecule is CCCC(C)OCCNCCc1ccsc1. The van der Waals surface area contributed by atoms with Crippen LogP contribution >= 0.6 is 11.3 Å². The van der Waals surface area contributed by atoms with Gasteiger partial charge in [0.2, 0.25) is 0 Å². The molecule has 0 spiro atoms. The normalized spacial score (nSPS) is 12.9. The second-order valence-electron chi connectivity index (χ2n) is 4.10. The van der Waals surface area contributed by atoms with Gasteiger partial charge in [-0.1, -0.05) is 13.3 Å². The van der Waals surface area contributed by atoms with E-state index >= 15 is 0 Å². The quantitative estimate of drug-likeness (QED) is 0.671. The zero-order chi connectivity index (χ0) is 11.6. The molecule has 1 heterocycles. The van der Waals surface area contributed by atoms with Crippen LogP contribution in [0.3, 0.4) is 0 Å². The standard InChI is InChI=1S/C13H23NOS/c1-3-4-12(2)15-9-8-14-7-5-13-6-10-16-11-13/h6,10-12,14H,3-5,7-9H2,1-2H3. The van der Waals surface area contributed by atoms with Crippen LogP contribution < -0.4 is 5.32 Å². The van der Waals surface area contributed by atoms with Crippen LogP contribution in [0.2, 0.25) is 0 Å². The molecule has 0 aliphatic carbocycles. The Kier molecular flexibility index (Phi) is 7.47. The monoisotopic (exact) mass is 241 g/mol. The highest BCUT2D eigenvalue weighted by atomic mass is 32.1. The molecule has 0 aromatic carbocycles. The Labute approximate surface area is 103 Å². The summed E-state index contributed by atoms with van der Waals surface area (Å²) in [6.45, 7) is 7.17. The van der Waals surface area contributed by atoms with Gasteiger partial charge in [-0.05, 0) is 48.7 Å². The highest BCUT2D eigenvalue weighted by Gasteiger charge is 1.99. The third kappa shape index (κ3) is 6.26. The highest BCUT2D eigenvalue weighted by Crippen LogP contribution is 2.05. The molecule has 0 saturated heterocycles. The molecule has 1 aromatic rings. The number of rotatable bonds is 9. The molecule has 3 heteroatoms. The summed E-state index contributed by atoms with van der Waals surface area (Å²) in [4.78, 5) is 0. The van der Waals surface area contributed by atoms with Gasteiger partial charge in [-0.3, -0.25) is 0 Å². The van der Waals surface area contributed by atoms with E-state index in [9.17, 15) is 0 Å². The molecule has 16 heavy (non-hydrogen) atoms. The van der Waals surface area contributed by atoms with Crippen LogP contribution in [-0.4, -0.2) is 25.8 Å². The number of thiophene rings is 1. The zero-order valence-electron chi connectivity index (χ0n) is 10.4. The summed E-state index contributed by atoms with van der Waals surface area (Å²) >= 11 is 1.76. The lowest BCUT2D eigenvalue weighted by molar-refractivity contribution is 0.0619. The predicted molar refractivity (Wildman–Crippen MR) is 71.2 cm³/mol. The van der Waals surface area contributed by atoms with Crippen LogP contribution in [0.5, 0.6) is 0 Å². The first-order valence-electron chi connectivity index (χ1n) is 6.16. The maximum Gasteiger partial charge on any atom is 0.0594 e. The summed E-state index contributed by atoms with van der Waals surface area (Å²) in [7, 11) is 0. The molecule has 0 aliphatic heterocycles. The second-order valence-corrected chi connectivity index (χ2v) is 4.88. The van der Waals surface area contributed by atoms with Gasteiger partial charge in [0, 0.05) is 6.54 Å². The van der Waals surface area contributed by atoms with Gasteiger partial charge >= 0.3 is 0 Å². The Morgan fingerprint density at radius 3 is 3.00 bits per heavy atom. The molecule has 1 rings (SSSR count). The van der Waals surface area contributed by atoms with Gasteiger partial charge in [-0.2, -0.15) is 11.3 Å². The maximum absolute atomic E-state index is 5.66. The number of hydrogen-bond acceptors (Lipinski definition) is 3.